The summed E-state index contributed by atoms with van der Waals surface area (Å²) in [5, 5.41) is 0. The minimum absolute atomic E-state index is 0.123. The lowest BCUT2D eigenvalue weighted by molar-refractivity contribution is 0.0801. The molecule has 2 heteroatoms. The lowest BCUT2D eigenvalue weighted by Gasteiger charge is -2.44. The molecule has 0 bridgehead atoms. The van der Waals surface area contributed by atoms with Gasteiger partial charge in [-0.25, -0.2) is 0 Å². The molecule has 0 aromatic heterocycles. The van der Waals surface area contributed by atoms with Gasteiger partial charge < -0.3 is 5.73 Å². The van der Waals surface area contributed by atoms with Gasteiger partial charge in [-0.05, 0) is 51.0 Å². The molecule has 2 N–H and O–H groups in total. The van der Waals surface area contributed by atoms with Crippen molar-refractivity contribution in [3.63, 3.8) is 0 Å². The van der Waals surface area contributed by atoms with Crippen LogP contribution in [-0.2, 0) is 0 Å². The molecule has 19 heavy (non-hydrogen) atoms. The Morgan fingerprint density at radius 2 is 1.63 bits per heavy atom. The standard InChI is InChI=1S/C17H36N2/c1-14(2)11-12-19(15-9-7-8-10-15)13-16(3,4)17(5,6)18/h14-15H,7-13,18H2,1-6H3. The summed E-state index contributed by atoms with van der Waals surface area (Å²) in [4.78, 5) is 2.74. The largest absolute Gasteiger partial charge is 0.325 e. The Balaban J connectivity index is 2.67. The molecule has 0 aliphatic heterocycles. The Morgan fingerprint density at radius 1 is 1.11 bits per heavy atom. The topological polar surface area (TPSA) is 29.3 Å². The van der Waals surface area contributed by atoms with Gasteiger partial charge in [-0.15, -0.1) is 0 Å². The molecule has 114 valence electrons. The van der Waals surface area contributed by atoms with E-state index in [1.54, 1.807) is 0 Å². The van der Waals surface area contributed by atoms with E-state index in [0.717, 1.165) is 18.5 Å². The van der Waals surface area contributed by atoms with Crippen molar-refractivity contribution in [2.24, 2.45) is 17.1 Å². The van der Waals surface area contributed by atoms with E-state index in [1.807, 2.05) is 0 Å². The van der Waals surface area contributed by atoms with E-state index in [-0.39, 0.29) is 11.0 Å². The van der Waals surface area contributed by atoms with E-state index in [4.69, 9.17) is 5.73 Å². The first-order chi connectivity index (χ1) is 8.63. The molecule has 1 aliphatic rings. The van der Waals surface area contributed by atoms with Crippen LogP contribution in [0.15, 0.2) is 0 Å². The molecule has 0 amide bonds. The summed E-state index contributed by atoms with van der Waals surface area (Å²) in [6.07, 6.45) is 6.90. The maximum Gasteiger partial charge on any atom is 0.0161 e. The highest BCUT2D eigenvalue weighted by atomic mass is 15.2. The molecular formula is C17H36N2. The molecule has 0 aromatic carbocycles. The number of hydrogen-bond donors (Lipinski definition) is 1. The Labute approximate surface area is 121 Å². The monoisotopic (exact) mass is 268 g/mol. The van der Waals surface area contributed by atoms with Crippen LogP contribution in [0, 0.1) is 11.3 Å². The fourth-order valence-corrected chi connectivity index (χ4v) is 2.80. The Hall–Kier alpha value is -0.0800. The van der Waals surface area contributed by atoms with Gasteiger partial charge in [-0.1, -0.05) is 40.5 Å². The molecule has 0 radical (unpaired) electrons. The SMILES string of the molecule is CC(C)CCN(CC(C)(C)C(C)(C)N)C1CCCC1. The van der Waals surface area contributed by atoms with Gasteiger partial charge in [0, 0.05) is 18.1 Å². The van der Waals surface area contributed by atoms with Crippen LogP contribution in [-0.4, -0.2) is 29.6 Å². The molecule has 0 saturated heterocycles. The van der Waals surface area contributed by atoms with Crippen molar-refractivity contribution in [3.05, 3.63) is 0 Å². The van der Waals surface area contributed by atoms with Gasteiger partial charge in [-0.3, -0.25) is 4.90 Å². The molecule has 0 unspecified atom stereocenters. The number of rotatable bonds is 7. The van der Waals surface area contributed by atoms with Crippen LogP contribution < -0.4 is 5.73 Å². The van der Waals surface area contributed by atoms with E-state index in [0.29, 0.717) is 0 Å². The molecule has 0 spiro atoms. The van der Waals surface area contributed by atoms with Crippen molar-refractivity contribution in [1.82, 2.24) is 4.90 Å². The normalized spacial score (nSPS) is 18.8. The zero-order valence-electron chi connectivity index (χ0n) is 14.1. The van der Waals surface area contributed by atoms with Gasteiger partial charge in [0.05, 0.1) is 0 Å². The molecule has 2 nitrogen and oxygen atoms in total. The smallest absolute Gasteiger partial charge is 0.0161 e. The summed E-state index contributed by atoms with van der Waals surface area (Å²) < 4.78 is 0. The average molecular weight is 268 g/mol. The average Bonchev–Trinajstić information content (AvgIpc) is 2.75. The van der Waals surface area contributed by atoms with E-state index in [2.05, 4.69) is 46.4 Å². The quantitative estimate of drug-likeness (QED) is 0.755. The van der Waals surface area contributed by atoms with Gasteiger partial charge in [0.1, 0.15) is 0 Å². The maximum absolute atomic E-state index is 6.39. The number of nitrogens with two attached hydrogens (primary N) is 1. The molecule has 0 heterocycles. The maximum atomic E-state index is 6.39. The third-order valence-electron chi connectivity index (χ3n) is 5.18. The van der Waals surface area contributed by atoms with Crippen LogP contribution in [0.4, 0.5) is 0 Å². The Bertz CT molecular complexity index is 257. The first-order valence-electron chi connectivity index (χ1n) is 8.16. The zero-order valence-corrected chi connectivity index (χ0v) is 14.1. The fourth-order valence-electron chi connectivity index (χ4n) is 2.80. The molecule has 0 aromatic rings. The molecule has 0 atom stereocenters. The second kappa shape index (κ2) is 6.58. The number of hydrogen-bond acceptors (Lipinski definition) is 2. The van der Waals surface area contributed by atoms with E-state index < -0.39 is 0 Å². The summed E-state index contributed by atoms with van der Waals surface area (Å²) in [6, 6.07) is 0.806. The summed E-state index contributed by atoms with van der Waals surface area (Å²) >= 11 is 0. The van der Waals surface area contributed by atoms with Crippen molar-refractivity contribution in [2.45, 2.75) is 85.2 Å². The van der Waals surface area contributed by atoms with Gasteiger partial charge in [0.15, 0.2) is 0 Å². The number of nitrogens with zero attached hydrogens (tertiary/aromatic N) is 1. The third kappa shape index (κ3) is 5.07. The zero-order chi connectivity index (χ0) is 14.7. The van der Waals surface area contributed by atoms with Crippen LogP contribution in [0.3, 0.4) is 0 Å². The predicted octanol–water partition coefficient (Wildman–Crippen LogP) is 4.04. The highest BCUT2D eigenvalue weighted by Gasteiger charge is 2.37. The molecular weight excluding hydrogens is 232 g/mol. The lowest BCUT2D eigenvalue weighted by Crippen LogP contribution is -2.54. The van der Waals surface area contributed by atoms with E-state index in [1.165, 1.54) is 38.6 Å². The van der Waals surface area contributed by atoms with E-state index in [9.17, 15) is 0 Å². The van der Waals surface area contributed by atoms with Crippen molar-refractivity contribution < 1.29 is 0 Å². The first-order valence-corrected chi connectivity index (χ1v) is 8.16. The van der Waals surface area contributed by atoms with Crippen LogP contribution in [0.1, 0.15) is 73.6 Å². The molecule has 1 fully saturated rings. The minimum atomic E-state index is -0.123. The fraction of sp³-hybridized carbons (Fsp3) is 1.00. The Kier molecular flexibility index (Phi) is 5.88. The lowest BCUT2D eigenvalue weighted by atomic mass is 9.74. The van der Waals surface area contributed by atoms with Crippen LogP contribution in [0.25, 0.3) is 0 Å². The van der Waals surface area contributed by atoms with Crippen LogP contribution >= 0.6 is 0 Å². The van der Waals surface area contributed by atoms with Crippen molar-refractivity contribution in [3.8, 4) is 0 Å². The highest BCUT2D eigenvalue weighted by Crippen LogP contribution is 2.33. The second-order valence-electron chi connectivity index (χ2n) is 8.20. The van der Waals surface area contributed by atoms with Crippen LogP contribution in [0.5, 0.6) is 0 Å². The summed E-state index contributed by atoms with van der Waals surface area (Å²) in [5.74, 6) is 0.790. The summed E-state index contributed by atoms with van der Waals surface area (Å²) in [5.41, 5.74) is 6.43. The molecule has 1 aliphatic carbocycles. The van der Waals surface area contributed by atoms with Gasteiger partial charge in [0.25, 0.3) is 0 Å². The van der Waals surface area contributed by atoms with Crippen molar-refractivity contribution in [2.75, 3.05) is 13.1 Å². The second-order valence-corrected chi connectivity index (χ2v) is 8.20. The summed E-state index contributed by atoms with van der Waals surface area (Å²) in [7, 11) is 0. The molecule has 1 saturated carbocycles. The predicted molar refractivity (Wildman–Crippen MR) is 85.3 cm³/mol. The van der Waals surface area contributed by atoms with Crippen molar-refractivity contribution >= 4 is 0 Å². The van der Waals surface area contributed by atoms with Gasteiger partial charge in [0.2, 0.25) is 0 Å². The molecule has 1 rings (SSSR count). The van der Waals surface area contributed by atoms with Crippen LogP contribution in [0.2, 0.25) is 0 Å². The minimum Gasteiger partial charge on any atom is -0.325 e. The first kappa shape index (κ1) is 17.0. The van der Waals surface area contributed by atoms with Crippen molar-refractivity contribution in [1.29, 1.82) is 0 Å². The highest BCUT2D eigenvalue weighted by molar-refractivity contribution is 4.94. The summed E-state index contributed by atoms with van der Waals surface area (Å²) in [6.45, 7) is 16.0. The van der Waals surface area contributed by atoms with Gasteiger partial charge in [-0.2, -0.15) is 0 Å². The third-order valence-corrected chi connectivity index (χ3v) is 5.18. The Morgan fingerprint density at radius 3 is 2.05 bits per heavy atom. The van der Waals surface area contributed by atoms with Gasteiger partial charge >= 0.3 is 0 Å². The van der Waals surface area contributed by atoms with E-state index >= 15 is 0 Å².